The summed E-state index contributed by atoms with van der Waals surface area (Å²) in [5.74, 6) is -1.32. The van der Waals surface area contributed by atoms with E-state index in [4.69, 9.17) is 0 Å². The molecule has 2 atom stereocenters. The van der Waals surface area contributed by atoms with Crippen LogP contribution in [-0.4, -0.2) is 44.7 Å². The third kappa shape index (κ3) is 4.73. The zero-order valence-corrected chi connectivity index (χ0v) is 11.9. The average Bonchev–Trinajstić information content (AvgIpc) is 2.84. The molecule has 0 bridgehead atoms. The van der Waals surface area contributed by atoms with E-state index >= 15 is 0 Å². The van der Waals surface area contributed by atoms with Gasteiger partial charge in [-0.3, -0.25) is 9.48 Å². The summed E-state index contributed by atoms with van der Waals surface area (Å²) in [6.45, 7) is 0.945. The molecule has 1 aromatic heterocycles. The van der Waals surface area contributed by atoms with Gasteiger partial charge in [-0.25, -0.2) is 4.79 Å². The van der Waals surface area contributed by atoms with Crippen LogP contribution in [0.4, 0.5) is 4.79 Å². The lowest BCUT2D eigenvalue weighted by molar-refractivity contribution is -0.142. The molecule has 0 radical (unpaired) electrons. The molecule has 3 N–H and O–H groups in total. The van der Waals surface area contributed by atoms with E-state index in [1.807, 2.05) is 0 Å². The van der Waals surface area contributed by atoms with Crippen LogP contribution in [0.3, 0.4) is 0 Å². The van der Waals surface area contributed by atoms with Crippen molar-refractivity contribution in [3.05, 3.63) is 12.4 Å². The van der Waals surface area contributed by atoms with Crippen LogP contribution in [-0.2, 0) is 11.3 Å². The fourth-order valence-electron chi connectivity index (χ4n) is 2.63. The quantitative estimate of drug-likeness (QED) is 0.690. The minimum Gasteiger partial charge on any atom is -0.481 e. The maximum absolute atomic E-state index is 11.9. The van der Waals surface area contributed by atoms with Crippen LogP contribution >= 0.6 is 0 Å². The molecule has 0 spiro atoms. The standard InChI is InChI=1S/C13H21N5O3/c19-12(20)10-4-2-1-3-5-11(10)16-13(21)14-6-8-18-9-7-15-17-18/h7,9-11H,1-6,8H2,(H,19,20)(H2,14,16,21). The number of aromatic nitrogens is 3. The second-order valence-electron chi connectivity index (χ2n) is 5.26. The monoisotopic (exact) mass is 295 g/mol. The lowest BCUT2D eigenvalue weighted by Gasteiger charge is -2.23. The molecule has 0 aromatic carbocycles. The van der Waals surface area contributed by atoms with Crippen molar-refractivity contribution in [2.75, 3.05) is 6.54 Å². The fourth-order valence-corrected chi connectivity index (χ4v) is 2.63. The van der Waals surface area contributed by atoms with E-state index in [2.05, 4.69) is 20.9 Å². The van der Waals surface area contributed by atoms with Crippen molar-refractivity contribution in [2.45, 2.75) is 44.7 Å². The molecule has 8 heteroatoms. The van der Waals surface area contributed by atoms with Crippen LogP contribution in [0.1, 0.15) is 32.1 Å². The lowest BCUT2D eigenvalue weighted by Crippen LogP contribution is -2.47. The summed E-state index contributed by atoms with van der Waals surface area (Å²) in [5, 5.41) is 22.2. The molecular formula is C13H21N5O3. The first-order valence-corrected chi connectivity index (χ1v) is 7.28. The van der Waals surface area contributed by atoms with Gasteiger partial charge in [0.25, 0.3) is 0 Å². The average molecular weight is 295 g/mol. The Kier molecular flexibility index (Phi) is 5.53. The molecule has 0 saturated heterocycles. The number of nitrogens with one attached hydrogen (secondary N) is 2. The van der Waals surface area contributed by atoms with Gasteiger partial charge in [0, 0.05) is 18.8 Å². The molecule has 1 aliphatic carbocycles. The first-order chi connectivity index (χ1) is 10.2. The summed E-state index contributed by atoms with van der Waals surface area (Å²) in [6, 6.07) is -0.621. The fraction of sp³-hybridized carbons (Fsp3) is 0.692. The number of nitrogens with zero attached hydrogens (tertiary/aromatic N) is 3. The summed E-state index contributed by atoms with van der Waals surface area (Å²) >= 11 is 0. The Bertz CT molecular complexity index is 462. The maximum atomic E-state index is 11.9. The number of hydrogen-bond acceptors (Lipinski definition) is 4. The predicted molar refractivity (Wildman–Crippen MR) is 74.6 cm³/mol. The number of carbonyl (C=O) groups is 2. The zero-order valence-electron chi connectivity index (χ0n) is 11.9. The second kappa shape index (κ2) is 7.61. The highest BCUT2D eigenvalue weighted by Gasteiger charge is 2.30. The number of urea groups is 1. The minimum atomic E-state index is -0.829. The first-order valence-electron chi connectivity index (χ1n) is 7.28. The highest BCUT2D eigenvalue weighted by Crippen LogP contribution is 2.23. The molecule has 21 heavy (non-hydrogen) atoms. The molecule has 8 nitrogen and oxygen atoms in total. The summed E-state index contributed by atoms with van der Waals surface area (Å²) in [4.78, 5) is 23.1. The summed E-state index contributed by atoms with van der Waals surface area (Å²) in [5.41, 5.74) is 0. The number of aliphatic carboxylic acids is 1. The van der Waals surface area contributed by atoms with Crippen LogP contribution in [0.2, 0.25) is 0 Å². The molecule has 1 heterocycles. The Morgan fingerprint density at radius 1 is 1.29 bits per heavy atom. The van der Waals surface area contributed by atoms with Gasteiger partial charge in [0.2, 0.25) is 0 Å². The van der Waals surface area contributed by atoms with Gasteiger partial charge in [0.1, 0.15) is 0 Å². The number of rotatable bonds is 5. The minimum absolute atomic E-state index is 0.295. The van der Waals surface area contributed by atoms with Gasteiger partial charge in [-0.05, 0) is 12.8 Å². The highest BCUT2D eigenvalue weighted by atomic mass is 16.4. The van der Waals surface area contributed by atoms with E-state index in [0.29, 0.717) is 25.9 Å². The van der Waals surface area contributed by atoms with Crippen molar-refractivity contribution in [3.63, 3.8) is 0 Å². The Morgan fingerprint density at radius 2 is 2.10 bits per heavy atom. The van der Waals surface area contributed by atoms with Crippen molar-refractivity contribution < 1.29 is 14.7 Å². The van der Waals surface area contributed by atoms with Crippen molar-refractivity contribution >= 4 is 12.0 Å². The Morgan fingerprint density at radius 3 is 2.81 bits per heavy atom. The topological polar surface area (TPSA) is 109 Å². The van der Waals surface area contributed by atoms with Crippen LogP contribution < -0.4 is 10.6 Å². The zero-order chi connectivity index (χ0) is 15.1. The molecule has 1 fully saturated rings. The smallest absolute Gasteiger partial charge is 0.315 e. The normalized spacial score (nSPS) is 22.3. The third-order valence-electron chi connectivity index (χ3n) is 3.75. The van der Waals surface area contributed by atoms with Gasteiger partial charge in [-0.1, -0.05) is 24.5 Å². The van der Waals surface area contributed by atoms with Crippen LogP contribution in [0.5, 0.6) is 0 Å². The maximum Gasteiger partial charge on any atom is 0.315 e. The SMILES string of the molecule is O=C(NCCn1ccnn1)NC1CCCCCC1C(=O)O. The van der Waals surface area contributed by atoms with Gasteiger partial charge < -0.3 is 15.7 Å². The Hall–Kier alpha value is -2.12. The third-order valence-corrected chi connectivity index (χ3v) is 3.75. The predicted octanol–water partition coefficient (Wildman–Crippen LogP) is 0.611. The Labute approximate surface area is 122 Å². The summed E-state index contributed by atoms with van der Waals surface area (Å²) in [7, 11) is 0. The van der Waals surface area contributed by atoms with Crippen molar-refractivity contribution in [1.29, 1.82) is 0 Å². The second-order valence-corrected chi connectivity index (χ2v) is 5.26. The number of hydrogen-bond donors (Lipinski definition) is 3. The molecule has 0 aliphatic heterocycles. The largest absolute Gasteiger partial charge is 0.481 e. The van der Waals surface area contributed by atoms with Crippen molar-refractivity contribution in [2.24, 2.45) is 5.92 Å². The Balaban J connectivity index is 1.77. The van der Waals surface area contributed by atoms with Gasteiger partial charge >= 0.3 is 12.0 Å². The molecule has 116 valence electrons. The van der Waals surface area contributed by atoms with Gasteiger partial charge in [0.15, 0.2) is 0 Å². The molecule has 1 saturated carbocycles. The molecule has 2 amide bonds. The number of carboxylic acids is 1. The van der Waals surface area contributed by atoms with E-state index in [1.54, 1.807) is 17.1 Å². The van der Waals surface area contributed by atoms with Crippen molar-refractivity contribution in [3.8, 4) is 0 Å². The number of carboxylic acid groups (broad SMARTS) is 1. The van der Waals surface area contributed by atoms with E-state index < -0.39 is 11.9 Å². The highest BCUT2D eigenvalue weighted by molar-refractivity contribution is 5.76. The van der Waals surface area contributed by atoms with E-state index in [0.717, 1.165) is 19.3 Å². The van der Waals surface area contributed by atoms with Crippen LogP contribution in [0.25, 0.3) is 0 Å². The van der Waals surface area contributed by atoms with Gasteiger partial charge in [-0.15, -0.1) is 5.10 Å². The van der Waals surface area contributed by atoms with E-state index in [1.165, 1.54) is 0 Å². The van der Waals surface area contributed by atoms with E-state index in [9.17, 15) is 14.7 Å². The molecular weight excluding hydrogens is 274 g/mol. The van der Waals surface area contributed by atoms with E-state index in [-0.39, 0.29) is 12.1 Å². The summed E-state index contributed by atoms with van der Waals surface area (Å²) in [6.07, 6.45) is 7.51. The van der Waals surface area contributed by atoms with Gasteiger partial charge in [-0.2, -0.15) is 0 Å². The van der Waals surface area contributed by atoms with Gasteiger partial charge in [0.05, 0.1) is 18.7 Å². The molecule has 2 rings (SSSR count). The molecule has 1 aromatic rings. The molecule has 1 aliphatic rings. The van der Waals surface area contributed by atoms with Crippen LogP contribution in [0.15, 0.2) is 12.4 Å². The lowest BCUT2D eigenvalue weighted by atomic mass is 9.95. The number of carbonyl (C=O) groups excluding carboxylic acids is 1. The number of amides is 2. The first kappa shape index (κ1) is 15.3. The van der Waals surface area contributed by atoms with Crippen molar-refractivity contribution in [1.82, 2.24) is 25.6 Å². The van der Waals surface area contributed by atoms with Crippen LogP contribution in [0, 0.1) is 5.92 Å². The summed E-state index contributed by atoms with van der Waals surface area (Å²) < 4.78 is 1.62. The molecule has 2 unspecified atom stereocenters.